The minimum atomic E-state index is 0.0606. The summed E-state index contributed by atoms with van der Waals surface area (Å²) in [5, 5.41) is 0.915. The topological polar surface area (TPSA) is 33.2 Å². The molecule has 29 heavy (non-hydrogen) atoms. The first-order chi connectivity index (χ1) is 14.2. The average molecular weight is 378 g/mol. The van der Waals surface area contributed by atoms with E-state index < -0.39 is 0 Å². The van der Waals surface area contributed by atoms with Crippen LogP contribution in [0.15, 0.2) is 78.9 Å². The molecule has 3 heteroatoms. The Morgan fingerprint density at radius 1 is 0.897 bits per heavy atom. The van der Waals surface area contributed by atoms with Crippen molar-refractivity contribution in [2.45, 2.75) is 19.8 Å². The number of fused-ring (bicyclic) bond motifs is 2. The van der Waals surface area contributed by atoms with Gasteiger partial charge in [0.25, 0.3) is 5.91 Å². The van der Waals surface area contributed by atoms with Gasteiger partial charge < -0.3 is 4.90 Å². The maximum Gasteiger partial charge on any atom is 0.259 e. The second-order valence-corrected chi connectivity index (χ2v) is 7.53. The summed E-state index contributed by atoms with van der Waals surface area (Å²) in [5.74, 6) is 0.0606. The number of nitrogens with zero attached hydrogens (tertiary/aromatic N) is 2. The highest BCUT2D eigenvalue weighted by molar-refractivity contribution is 6.15. The number of amides is 1. The van der Waals surface area contributed by atoms with E-state index in [1.54, 1.807) is 0 Å². The molecule has 1 aliphatic rings. The Balaban J connectivity index is 1.73. The van der Waals surface area contributed by atoms with Crippen molar-refractivity contribution in [2.75, 3.05) is 11.4 Å². The molecule has 0 aliphatic carbocycles. The third-order valence-electron chi connectivity index (χ3n) is 5.75. The number of hydrogen-bond donors (Lipinski definition) is 0. The summed E-state index contributed by atoms with van der Waals surface area (Å²) in [6.45, 7) is 2.76. The van der Waals surface area contributed by atoms with Crippen molar-refractivity contribution >= 4 is 22.5 Å². The summed E-state index contributed by atoms with van der Waals surface area (Å²) >= 11 is 0. The van der Waals surface area contributed by atoms with Crippen molar-refractivity contribution in [3.05, 3.63) is 95.6 Å². The number of rotatable bonds is 2. The Hall–Kier alpha value is -3.46. The van der Waals surface area contributed by atoms with E-state index in [1.165, 1.54) is 5.56 Å². The molecular formula is C26H22N2O. The van der Waals surface area contributed by atoms with Gasteiger partial charge in [-0.05, 0) is 43.0 Å². The Morgan fingerprint density at radius 3 is 2.48 bits per heavy atom. The molecule has 0 fully saturated rings. The molecular weight excluding hydrogens is 356 g/mol. The quantitative estimate of drug-likeness (QED) is 0.441. The van der Waals surface area contributed by atoms with E-state index in [0.29, 0.717) is 0 Å². The molecule has 3 nitrogen and oxygen atoms in total. The highest BCUT2D eigenvalue weighted by Gasteiger charge is 2.27. The van der Waals surface area contributed by atoms with Gasteiger partial charge in [-0.15, -0.1) is 0 Å². The van der Waals surface area contributed by atoms with Crippen LogP contribution in [0.25, 0.3) is 22.2 Å². The van der Waals surface area contributed by atoms with E-state index >= 15 is 0 Å². The lowest BCUT2D eigenvalue weighted by Crippen LogP contribution is -2.36. The maximum absolute atomic E-state index is 13.9. The number of para-hydroxylation sites is 2. The number of carbonyl (C=O) groups is 1. The van der Waals surface area contributed by atoms with Crippen LogP contribution in [0.1, 0.15) is 27.9 Å². The molecule has 0 atom stereocenters. The van der Waals surface area contributed by atoms with E-state index in [0.717, 1.165) is 58.4 Å². The first-order valence-electron chi connectivity index (χ1n) is 10.1. The normalized spacial score (nSPS) is 13.3. The van der Waals surface area contributed by atoms with Crippen LogP contribution >= 0.6 is 0 Å². The average Bonchev–Trinajstić information content (AvgIpc) is 2.78. The molecule has 1 aliphatic heterocycles. The molecule has 1 aromatic heterocycles. The van der Waals surface area contributed by atoms with Gasteiger partial charge in [0.1, 0.15) is 0 Å². The molecule has 4 aromatic rings. The maximum atomic E-state index is 13.9. The van der Waals surface area contributed by atoms with Crippen molar-refractivity contribution < 1.29 is 4.79 Å². The van der Waals surface area contributed by atoms with E-state index in [-0.39, 0.29) is 5.91 Å². The Morgan fingerprint density at radius 2 is 1.62 bits per heavy atom. The van der Waals surface area contributed by atoms with Gasteiger partial charge in [-0.2, -0.15) is 0 Å². The van der Waals surface area contributed by atoms with Crippen LogP contribution in [0.5, 0.6) is 0 Å². The number of pyridine rings is 1. The lowest BCUT2D eigenvalue weighted by atomic mass is 9.95. The molecule has 5 rings (SSSR count). The van der Waals surface area contributed by atoms with Gasteiger partial charge in [0.05, 0.1) is 16.8 Å². The second-order valence-electron chi connectivity index (χ2n) is 7.53. The molecule has 0 bridgehead atoms. The monoisotopic (exact) mass is 378 g/mol. The molecule has 142 valence electrons. The van der Waals surface area contributed by atoms with E-state index in [9.17, 15) is 4.79 Å². The standard InChI is InChI=1S/C26H22N2O/c1-18-24(26(29)28-17-9-13-19-10-5-8-16-23(19)28)21-14-6-7-15-22(21)27-25(18)20-11-3-2-4-12-20/h2-8,10-12,14-16H,9,13,17H2,1H3. The fourth-order valence-electron chi connectivity index (χ4n) is 4.34. The smallest absolute Gasteiger partial charge is 0.259 e. The van der Waals surface area contributed by atoms with Crippen LogP contribution in [0.3, 0.4) is 0 Å². The van der Waals surface area contributed by atoms with Gasteiger partial charge >= 0.3 is 0 Å². The van der Waals surface area contributed by atoms with Crippen LogP contribution in [0.4, 0.5) is 5.69 Å². The third-order valence-corrected chi connectivity index (χ3v) is 5.75. The summed E-state index contributed by atoms with van der Waals surface area (Å²) in [4.78, 5) is 20.7. The largest absolute Gasteiger partial charge is 0.308 e. The summed E-state index contributed by atoms with van der Waals surface area (Å²) in [7, 11) is 0. The van der Waals surface area contributed by atoms with Crippen LogP contribution in [-0.2, 0) is 6.42 Å². The minimum Gasteiger partial charge on any atom is -0.308 e. The Bertz CT molecular complexity index is 1210. The van der Waals surface area contributed by atoms with Gasteiger partial charge in [-0.1, -0.05) is 66.7 Å². The molecule has 0 N–H and O–H groups in total. The predicted molar refractivity (Wildman–Crippen MR) is 118 cm³/mol. The van der Waals surface area contributed by atoms with Crippen molar-refractivity contribution in [3.63, 3.8) is 0 Å². The van der Waals surface area contributed by atoms with Crippen molar-refractivity contribution in [2.24, 2.45) is 0 Å². The number of aryl methyl sites for hydroxylation is 1. The van der Waals surface area contributed by atoms with Gasteiger partial charge in [-0.3, -0.25) is 4.79 Å². The summed E-state index contributed by atoms with van der Waals surface area (Å²) in [6.07, 6.45) is 2.00. The van der Waals surface area contributed by atoms with Crippen molar-refractivity contribution in [1.29, 1.82) is 0 Å². The molecule has 0 spiro atoms. The number of benzene rings is 3. The van der Waals surface area contributed by atoms with Crippen LogP contribution in [-0.4, -0.2) is 17.4 Å². The summed E-state index contributed by atoms with van der Waals surface area (Å²) in [6, 6.07) is 26.3. The van der Waals surface area contributed by atoms with Crippen molar-refractivity contribution in [3.8, 4) is 11.3 Å². The lowest BCUT2D eigenvalue weighted by Gasteiger charge is -2.30. The molecule has 0 unspecified atom stereocenters. The van der Waals surface area contributed by atoms with E-state index in [1.807, 2.05) is 66.4 Å². The molecule has 0 radical (unpaired) electrons. The zero-order chi connectivity index (χ0) is 19.8. The molecule has 2 heterocycles. The highest BCUT2D eigenvalue weighted by Crippen LogP contribution is 2.34. The minimum absolute atomic E-state index is 0.0606. The Labute approximate surface area is 170 Å². The van der Waals surface area contributed by atoms with Gasteiger partial charge in [0.15, 0.2) is 0 Å². The predicted octanol–water partition coefficient (Wildman–Crippen LogP) is 5.80. The third kappa shape index (κ3) is 2.99. The first-order valence-corrected chi connectivity index (χ1v) is 10.1. The van der Waals surface area contributed by atoms with Gasteiger partial charge in [0, 0.05) is 23.2 Å². The van der Waals surface area contributed by atoms with E-state index in [4.69, 9.17) is 4.98 Å². The van der Waals surface area contributed by atoms with Crippen LogP contribution in [0.2, 0.25) is 0 Å². The SMILES string of the molecule is Cc1c(-c2ccccc2)nc2ccccc2c1C(=O)N1CCCc2ccccc21. The number of carbonyl (C=O) groups excluding carboxylic acids is 1. The molecule has 3 aromatic carbocycles. The van der Waals surface area contributed by atoms with E-state index in [2.05, 4.69) is 24.3 Å². The molecule has 0 saturated carbocycles. The van der Waals surface area contributed by atoms with Crippen LogP contribution < -0.4 is 4.90 Å². The summed E-state index contributed by atoms with van der Waals surface area (Å²) in [5.41, 5.74) is 6.72. The lowest BCUT2D eigenvalue weighted by molar-refractivity contribution is 0.0986. The van der Waals surface area contributed by atoms with Gasteiger partial charge in [-0.25, -0.2) is 4.98 Å². The highest BCUT2D eigenvalue weighted by atomic mass is 16.2. The number of anilines is 1. The number of hydrogen-bond acceptors (Lipinski definition) is 2. The Kier molecular flexibility index (Phi) is 4.36. The van der Waals surface area contributed by atoms with Crippen molar-refractivity contribution in [1.82, 2.24) is 4.98 Å². The second kappa shape index (κ2) is 7.17. The molecule has 1 amide bonds. The fraction of sp³-hybridized carbons (Fsp3) is 0.154. The van der Waals surface area contributed by atoms with Gasteiger partial charge in [0.2, 0.25) is 0 Å². The zero-order valence-electron chi connectivity index (χ0n) is 16.4. The first kappa shape index (κ1) is 17.6. The summed E-state index contributed by atoms with van der Waals surface area (Å²) < 4.78 is 0. The zero-order valence-corrected chi connectivity index (χ0v) is 16.4. The van der Waals surface area contributed by atoms with Crippen LogP contribution in [0, 0.1) is 6.92 Å². The number of aromatic nitrogens is 1. The molecule has 0 saturated heterocycles. The fourth-order valence-corrected chi connectivity index (χ4v) is 4.34.